The van der Waals surface area contributed by atoms with E-state index < -0.39 is 89.0 Å². The van der Waals surface area contributed by atoms with Crippen LogP contribution < -0.4 is 15.8 Å². The number of hydrogen-bond acceptors (Lipinski definition) is 6. The maximum atomic E-state index is 13.2. The van der Waals surface area contributed by atoms with Gasteiger partial charge in [-0.1, -0.05) is 13.8 Å². The second-order valence-electron chi connectivity index (χ2n) is 4.83. The SMILES string of the molecule is [2H]C([2H])([2H])Oc1cc(N)c(S(=O)(=O)C([2H])([2H])C([2H])([2H])[2H])cc1C(=O)NCC1([2H])N(CC)C([2H])([2H])C([2H])([2H])C1([2H])[2H]. The molecule has 1 aliphatic heterocycles. The summed E-state index contributed by atoms with van der Waals surface area (Å²) in [6, 6.07) is -1.89. The molecular formula is C17H27N3O4S. The summed E-state index contributed by atoms with van der Waals surface area (Å²) in [4.78, 5) is 12.5. The van der Waals surface area contributed by atoms with Crippen molar-refractivity contribution in [1.82, 2.24) is 10.2 Å². The zero-order valence-corrected chi connectivity index (χ0v) is 14.0. The highest BCUT2D eigenvalue weighted by atomic mass is 32.2. The number of anilines is 1. The molecule has 0 aliphatic carbocycles. The van der Waals surface area contributed by atoms with Crippen molar-refractivity contribution in [1.29, 1.82) is 0 Å². The van der Waals surface area contributed by atoms with Crippen LogP contribution in [0.15, 0.2) is 17.0 Å². The highest BCUT2D eigenvalue weighted by Crippen LogP contribution is 2.29. The lowest BCUT2D eigenvalue weighted by Crippen LogP contribution is -2.40. The maximum absolute atomic E-state index is 13.2. The smallest absolute Gasteiger partial charge is 0.255 e. The molecule has 0 aromatic heterocycles. The summed E-state index contributed by atoms with van der Waals surface area (Å²) in [6.07, 6.45) is -6.49. The summed E-state index contributed by atoms with van der Waals surface area (Å²) >= 11 is 0. The van der Waals surface area contributed by atoms with E-state index in [1.54, 1.807) is 0 Å². The highest BCUT2D eigenvalue weighted by molar-refractivity contribution is 7.91. The fourth-order valence-electron chi connectivity index (χ4n) is 2.10. The van der Waals surface area contributed by atoms with Crippen molar-refractivity contribution in [3.63, 3.8) is 0 Å². The second-order valence-corrected chi connectivity index (χ2v) is 6.48. The molecule has 1 unspecified atom stereocenters. The summed E-state index contributed by atoms with van der Waals surface area (Å²) in [5, 5.41) is 2.02. The quantitative estimate of drug-likeness (QED) is 0.687. The molecule has 1 aromatic carbocycles. The normalized spacial score (nSPS) is 37.7. The molecular weight excluding hydrogens is 342 g/mol. The van der Waals surface area contributed by atoms with Gasteiger partial charge in [-0.15, -0.1) is 0 Å². The summed E-state index contributed by atoms with van der Waals surface area (Å²) in [7, 11) is -8.72. The van der Waals surface area contributed by atoms with Crippen LogP contribution in [-0.4, -0.2) is 57.6 Å². The van der Waals surface area contributed by atoms with Gasteiger partial charge in [0.05, 0.1) is 33.0 Å². The van der Waals surface area contributed by atoms with E-state index in [0.717, 1.165) is 0 Å². The van der Waals surface area contributed by atoms with Gasteiger partial charge in [0, 0.05) is 35.1 Å². The molecule has 25 heavy (non-hydrogen) atoms. The number of methoxy groups -OCH3 is 1. The van der Waals surface area contributed by atoms with Crippen molar-refractivity contribution in [2.75, 3.05) is 38.1 Å². The number of nitrogens with zero attached hydrogens (tertiary/aromatic N) is 1. The number of carbonyl (C=O) groups is 1. The first kappa shape index (κ1) is 7.44. The van der Waals surface area contributed by atoms with Crippen LogP contribution in [-0.2, 0) is 9.84 Å². The zero-order valence-electron chi connectivity index (χ0n) is 28.1. The number of ether oxygens (including phenoxy) is 1. The predicted molar refractivity (Wildman–Crippen MR) is 97.7 cm³/mol. The van der Waals surface area contributed by atoms with E-state index in [9.17, 15) is 13.2 Å². The number of likely N-dealkylation sites (tertiary alicyclic amines) is 1. The number of nitrogen functional groups attached to an aromatic ring is 1. The third kappa shape index (κ3) is 4.24. The van der Waals surface area contributed by atoms with Crippen LogP contribution in [0.25, 0.3) is 0 Å². The molecule has 3 N–H and O–H groups in total. The van der Waals surface area contributed by atoms with Crippen molar-refractivity contribution in [3.05, 3.63) is 17.7 Å². The number of nitrogens with two attached hydrogens (primary N) is 1. The number of amides is 1. The van der Waals surface area contributed by atoms with Crippen molar-refractivity contribution in [2.24, 2.45) is 0 Å². The maximum Gasteiger partial charge on any atom is 0.255 e. The Labute approximate surface area is 170 Å². The van der Waals surface area contributed by atoms with E-state index in [-0.39, 0.29) is 6.54 Å². The van der Waals surface area contributed by atoms with Crippen molar-refractivity contribution < 1.29 is 38.5 Å². The van der Waals surface area contributed by atoms with Crippen LogP contribution in [0.5, 0.6) is 5.75 Å². The Morgan fingerprint density at radius 3 is 3.12 bits per heavy atom. The first-order valence-electron chi connectivity index (χ1n) is 14.5. The van der Waals surface area contributed by atoms with E-state index in [1.165, 1.54) is 6.92 Å². The van der Waals surface area contributed by atoms with E-state index in [4.69, 9.17) is 31.0 Å². The van der Waals surface area contributed by atoms with Crippen LogP contribution in [0, 0.1) is 0 Å². The van der Waals surface area contributed by atoms with Gasteiger partial charge in [0.2, 0.25) is 0 Å². The molecule has 1 amide bonds. The number of sulfone groups is 1. The Hall–Kier alpha value is -1.80. The molecule has 1 heterocycles. The zero-order chi connectivity index (χ0) is 31.7. The van der Waals surface area contributed by atoms with Crippen LogP contribution in [0.1, 0.15) is 57.4 Å². The van der Waals surface area contributed by atoms with Crippen LogP contribution in [0.4, 0.5) is 5.69 Å². The summed E-state index contributed by atoms with van der Waals surface area (Å²) in [5.74, 6) is -2.30. The molecule has 1 aliphatic rings. The Morgan fingerprint density at radius 1 is 1.64 bits per heavy atom. The van der Waals surface area contributed by atoms with Gasteiger partial charge in [-0.3, -0.25) is 9.69 Å². The minimum atomic E-state index is -5.48. The lowest BCUT2D eigenvalue weighted by molar-refractivity contribution is 0.0938. The number of rotatable bonds is 7. The van der Waals surface area contributed by atoms with Crippen molar-refractivity contribution in [2.45, 2.75) is 37.4 Å². The summed E-state index contributed by atoms with van der Waals surface area (Å²) < 4.78 is 147. The third-order valence-electron chi connectivity index (χ3n) is 3.35. The van der Waals surface area contributed by atoms with E-state index in [2.05, 4.69) is 0 Å². The fraction of sp³-hybridized carbons (Fsp3) is 0.588. The van der Waals surface area contributed by atoms with Gasteiger partial charge in [0.15, 0.2) is 9.84 Å². The average molecular weight is 385 g/mol. The molecule has 1 saturated heterocycles. The predicted octanol–water partition coefficient (Wildman–Crippen LogP) is 1.29. The van der Waals surface area contributed by atoms with Gasteiger partial charge in [0.25, 0.3) is 5.91 Å². The molecule has 0 bridgehead atoms. The fourth-order valence-corrected chi connectivity index (χ4v) is 2.85. The average Bonchev–Trinajstić information content (AvgIpc) is 2.82. The number of benzene rings is 1. The van der Waals surface area contributed by atoms with Gasteiger partial charge < -0.3 is 15.8 Å². The molecule has 1 aromatic rings. The minimum Gasteiger partial charge on any atom is -0.496 e. The summed E-state index contributed by atoms with van der Waals surface area (Å²) in [6.45, 7) is -6.91. The third-order valence-corrected chi connectivity index (χ3v) is 4.55. The highest BCUT2D eigenvalue weighted by Gasteiger charge is 2.25. The lowest BCUT2D eigenvalue weighted by Gasteiger charge is -2.23. The molecule has 0 saturated carbocycles. The van der Waals surface area contributed by atoms with Gasteiger partial charge in [-0.05, 0) is 31.9 Å². The van der Waals surface area contributed by atoms with Crippen LogP contribution in [0.3, 0.4) is 0 Å². The minimum absolute atomic E-state index is 0.362. The Kier molecular flexibility index (Phi) is 2.40. The Bertz CT molecular complexity index is 1280. The van der Waals surface area contributed by atoms with E-state index >= 15 is 0 Å². The number of carbonyl (C=O) groups excluding carboxylic acids is 1. The van der Waals surface area contributed by atoms with Gasteiger partial charge in [-0.2, -0.15) is 0 Å². The second kappa shape index (κ2) is 8.05. The topological polar surface area (TPSA) is 102 Å². The van der Waals surface area contributed by atoms with Crippen LogP contribution >= 0.6 is 0 Å². The molecule has 0 radical (unpaired) electrons. The molecule has 2 rings (SSSR count). The van der Waals surface area contributed by atoms with Gasteiger partial charge in [-0.25, -0.2) is 8.42 Å². The molecule has 8 heteroatoms. The molecule has 0 spiro atoms. The Balaban J connectivity index is 2.67. The monoisotopic (exact) mass is 384 g/mol. The molecule has 140 valence electrons. The molecule has 1 atom stereocenters. The number of hydrogen-bond donors (Lipinski definition) is 2. The standard InChI is InChI=1S/C17H27N3O4S/c1-4-20-8-6-7-12(20)11-19-17(21)13-9-16(25(22,23)5-2)14(18)10-15(13)24-3/h9-10,12H,4-8,11,18H2,1-3H3,(H,19,21)/i2D3,3D3,5D2,6D2,7D2,8D2,12D. The van der Waals surface area contributed by atoms with Crippen LogP contribution in [0.2, 0.25) is 0 Å². The summed E-state index contributed by atoms with van der Waals surface area (Å²) in [5.41, 5.74) is -0.0636. The van der Waals surface area contributed by atoms with Crippen molar-refractivity contribution in [3.8, 4) is 5.75 Å². The Morgan fingerprint density at radius 2 is 2.44 bits per heavy atom. The van der Waals surface area contributed by atoms with Gasteiger partial charge in [0.1, 0.15) is 5.75 Å². The first-order chi connectivity index (χ1) is 17.5. The van der Waals surface area contributed by atoms with Crippen molar-refractivity contribution >= 4 is 21.4 Å². The lowest BCUT2D eigenvalue weighted by atomic mass is 10.1. The number of likely N-dealkylation sites (N-methyl/N-ethyl adjacent to an activating group) is 1. The first-order valence-corrected chi connectivity index (χ1v) is 8.46. The van der Waals surface area contributed by atoms with Gasteiger partial charge >= 0.3 is 0 Å². The largest absolute Gasteiger partial charge is 0.496 e. The molecule has 7 nitrogen and oxygen atoms in total. The van der Waals surface area contributed by atoms with E-state index in [0.29, 0.717) is 17.0 Å². The molecule has 1 fully saturated rings. The van der Waals surface area contributed by atoms with E-state index in [1.807, 2.05) is 5.32 Å². The number of nitrogens with one attached hydrogen (secondary N) is 1.